The van der Waals surface area contributed by atoms with Crippen molar-refractivity contribution in [2.75, 3.05) is 31.6 Å². The number of hydrogen-bond donors (Lipinski definition) is 1. The third kappa shape index (κ3) is 4.92. The van der Waals surface area contributed by atoms with E-state index in [0.717, 1.165) is 12.2 Å². The number of benzene rings is 1. The van der Waals surface area contributed by atoms with Crippen molar-refractivity contribution in [2.45, 2.75) is 38.1 Å². The molecule has 1 fully saturated rings. The lowest BCUT2D eigenvalue weighted by Crippen LogP contribution is -2.48. The summed E-state index contributed by atoms with van der Waals surface area (Å²) in [6.07, 6.45) is 1.65. The predicted molar refractivity (Wildman–Crippen MR) is 122 cm³/mol. The Balaban J connectivity index is 1.20. The number of likely N-dealkylation sites (tertiary alicyclic amines) is 1. The van der Waals surface area contributed by atoms with E-state index in [9.17, 15) is 18.4 Å². The van der Waals surface area contributed by atoms with Crippen LogP contribution in [0.2, 0.25) is 0 Å². The van der Waals surface area contributed by atoms with Crippen molar-refractivity contribution in [3.05, 3.63) is 59.6 Å². The van der Waals surface area contributed by atoms with Crippen LogP contribution in [0.4, 0.5) is 14.6 Å². The van der Waals surface area contributed by atoms with Gasteiger partial charge in [-0.1, -0.05) is 18.2 Å². The highest BCUT2D eigenvalue weighted by atomic mass is 19.1. The van der Waals surface area contributed by atoms with Crippen LogP contribution in [0.3, 0.4) is 0 Å². The number of halogens is 2. The average molecular weight is 485 g/mol. The van der Waals surface area contributed by atoms with Crippen LogP contribution in [0.25, 0.3) is 0 Å². The molecule has 0 radical (unpaired) electrons. The van der Waals surface area contributed by atoms with Gasteiger partial charge in [0.2, 0.25) is 5.82 Å². The fourth-order valence-electron chi connectivity index (χ4n) is 4.33. The highest BCUT2D eigenvalue weighted by Crippen LogP contribution is 2.22. The SMILES string of the molecule is CN1C(=O)[C@H](NC(=O)c2ncn(Cc3ccccc3F)n2)CCn2nc(CCN3CC(F)C3)cc21. The van der Waals surface area contributed by atoms with Gasteiger partial charge in [-0.3, -0.25) is 19.4 Å². The van der Waals surface area contributed by atoms with E-state index in [4.69, 9.17) is 0 Å². The Morgan fingerprint density at radius 3 is 2.80 bits per heavy atom. The van der Waals surface area contributed by atoms with Gasteiger partial charge in [0.1, 0.15) is 30.2 Å². The fraction of sp³-hybridized carbons (Fsp3) is 0.435. The summed E-state index contributed by atoms with van der Waals surface area (Å²) in [5.41, 5.74) is 1.27. The Kier molecular flexibility index (Phi) is 6.29. The zero-order valence-electron chi connectivity index (χ0n) is 19.3. The number of rotatable bonds is 7. The molecule has 0 saturated carbocycles. The van der Waals surface area contributed by atoms with Crippen LogP contribution < -0.4 is 10.2 Å². The van der Waals surface area contributed by atoms with Gasteiger partial charge in [0, 0.05) is 51.3 Å². The molecular weight excluding hydrogens is 458 g/mol. The molecule has 10 nitrogen and oxygen atoms in total. The summed E-state index contributed by atoms with van der Waals surface area (Å²) in [7, 11) is 1.65. The summed E-state index contributed by atoms with van der Waals surface area (Å²) < 4.78 is 30.0. The summed E-state index contributed by atoms with van der Waals surface area (Å²) >= 11 is 0. The Labute approximate surface area is 200 Å². The van der Waals surface area contributed by atoms with Crippen LogP contribution in [0.1, 0.15) is 28.3 Å². The highest BCUT2D eigenvalue weighted by molar-refractivity contribution is 6.00. The molecule has 0 spiro atoms. The van der Waals surface area contributed by atoms with Gasteiger partial charge < -0.3 is 5.32 Å². The van der Waals surface area contributed by atoms with Gasteiger partial charge in [-0.25, -0.2) is 23.1 Å². The van der Waals surface area contributed by atoms with Crippen LogP contribution >= 0.6 is 0 Å². The first-order valence-electron chi connectivity index (χ1n) is 11.5. The number of carbonyl (C=O) groups is 2. The molecule has 1 N–H and O–H groups in total. The Hall–Kier alpha value is -3.67. The maximum absolute atomic E-state index is 13.9. The van der Waals surface area contributed by atoms with Crippen molar-refractivity contribution in [3.8, 4) is 0 Å². The number of likely N-dealkylation sites (N-methyl/N-ethyl adjacent to an activating group) is 1. The normalized spacial score (nSPS) is 18.8. The number of fused-ring (bicyclic) bond motifs is 1. The minimum absolute atomic E-state index is 0.0948. The quantitative estimate of drug-likeness (QED) is 0.538. The van der Waals surface area contributed by atoms with E-state index in [1.165, 1.54) is 22.0 Å². The minimum Gasteiger partial charge on any atom is -0.337 e. The molecule has 1 atom stereocenters. The number of aromatic nitrogens is 5. The third-order valence-corrected chi connectivity index (χ3v) is 6.34. The topological polar surface area (TPSA) is 101 Å². The van der Waals surface area contributed by atoms with E-state index < -0.39 is 18.1 Å². The van der Waals surface area contributed by atoms with E-state index in [1.54, 1.807) is 29.9 Å². The van der Waals surface area contributed by atoms with Crippen LogP contribution in [0.5, 0.6) is 0 Å². The number of anilines is 1. The average Bonchev–Trinajstić information content (AvgIpc) is 3.44. The number of alkyl halides is 1. The molecule has 2 aliphatic heterocycles. The molecule has 0 bridgehead atoms. The van der Waals surface area contributed by atoms with E-state index in [1.807, 2.05) is 11.0 Å². The van der Waals surface area contributed by atoms with Crippen molar-refractivity contribution in [1.29, 1.82) is 0 Å². The second kappa shape index (κ2) is 9.53. The summed E-state index contributed by atoms with van der Waals surface area (Å²) in [6, 6.07) is 7.41. The number of amides is 2. The van der Waals surface area contributed by atoms with Gasteiger partial charge in [0.25, 0.3) is 11.8 Å². The Bertz CT molecular complexity index is 1240. The molecule has 3 aromatic rings. The molecular formula is C23H26F2N8O2. The Morgan fingerprint density at radius 2 is 2.03 bits per heavy atom. The summed E-state index contributed by atoms with van der Waals surface area (Å²) in [6.45, 7) is 2.23. The zero-order valence-corrected chi connectivity index (χ0v) is 19.3. The van der Waals surface area contributed by atoms with Crippen molar-refractivity contribution >= 4 is 17.6 Å². The lowest BCUT2D eigenvalue weighted by atomic mass is 10.1. The number of hydrogen-bond acceptors (Lipinski definition) is 6. The molecule has 2 aliphatic rings. The van der Waals surface area contributed by atoms with E-state index in [2.05, 4.69) is 20.5 Å². The predicted octanol–water partition coefficient (Wildman–Crippen LogP) is 1.02. The van der Waals surface area contributed by atoms with E-state index in [0.29, 0.717) is 43.9 Å². The molecule has 35 heavy (non-hydrogen) atoms. The summed E-state index contributed by atoms with van der Waals surface area (Å²) in [5.74, 6) is -0.651. The number of carbonyl (C=O) groups excluding carboxylic acids is 2. The molecule has 0 unspecified atom stereocenters. The number of aryl methyl sites for hydroxylation is 1. The molecule has 4 heterocycles. The first-order valence-corrected chi connectivity index (χ1v) is 11.5. The molecule has 12 heteroatoms. The van der Waals surface area contributed by atoms with Gasteiger partial charge in [0.15, 0.2) is 0 Å². The Morgan fingerprint density at radius 1 is 1.23 bits per heavy atom. The summed E-state index contributed by atoms with van der Waals surface area (Å²) in [5, 5.41) is 11.4. The highest BCUT2D eigenvalue weighted by Gasteiger charge is 2.32. The minimum atomic E-state index is -0.765. The lowest BCUT2D eigenvalue weighted by Gasteiger charge is -2.33. The molecule has 184 valence electrons. The van der Waals surface area contributed by atoms with Crippen LogP contribution in [-0.2, 0) is 24.3 Å². The van der Waals surface area contributed by atoms with Gasteiger partial charge in [0.05, 0.1) is 12.2 Å². The van der Waals surface area contributed by atoms with Gasteiger partial charge in [-0.15, -0.1) is 5.10 Å². The standard InChI is InChI=1S/C23H26F2N8O2/c1-30-20-10-17(6-8-31-12-16(24)13-31)28-33(20)9-7-19(23(30)35)27-22(34)21-26-14-32(29-21)11-15-4-2-3-5-18(15)25/h2-5,10,14,16,19H,6-9,11-13H2,1H3,(H,27,34)/t19-/m1/s1. The molecule has 2 amide bonds. The first kappa shape index (κ1) is 23.1. The largest absolute Gasteiger partial charge is 0.337 e. The van der Waals surface area contributed by atoms with Gasteiger partial charge in [-0.2, -0.15) is 5.10 Å². The fourth-order valence-corrected chi connectivity index (χ4v) is 4.33. The summed E-state index contributed by atoms with van der Waals surface area (Å²) in [4.78, 5) is 33.3. The van der Waals surface area contributed by atoms with Crippen molar-refractivity contribution in [1.82, 2.24) is 34.8 Å². The van der Waals surface area contributed by atoms with Crippen LogP contribution in [0, 0.1) is 5.82 Å². The zero-order chi connectivity index (χ0) is 24.5. The van der Waals surface area contributed by atoms with Gasteiger partial charge >= 0.3 is 0 Å². The number of nitrogens with one attached hydrogen (secondary N) is 1. The second-order valence-corrected chi connectivity index (χ2v) is 8.89. The van der Waals surface area contributed by atoms with E-state index in [-0.39, 0.29) is 24.1 Å². The second-order valence-electron chi connectivity index (χ2n) is 8.89. The lowest BCUT2D eigenvalue weighted by molar-refractivity contribution is -0.120. The van der Waals surface area contributed by atoms with E-state index >= 15 is 0 Å². The molecule has 1 saturated heterocycles. The monoisotopic (exact) mass is 484 g/mol. The third-order valence-electron chi connectivity index (χ3n) is 6.34. The molecule has 2 aromatic heterocycles. The smallest absolute Gasteiger partial charge is 0.291 e. The van der Waals surface area contributed by atoms with Gasteiger partial charge in [-0.05, 0) is 12.5 Å². The van der Waals surface area contributed by atoms with Crippen LogP contribution in [0.15, 0.2) is 36.7 Å². The molecule has 0 aliphatic carbocycles. The maximum Gasteiger partial charge on any atom is 0.291 e. The van der Waals surface area contributed by atoms with Crippen molar-refractivity contribution in [3.63, 3.8) is 0 Å². The van der Waals surface area contributed by atoms with Crippen molar-refractivity contribution in [2.24, 2.45) is 0 Å². The first-order chi connectivity index (χ1) is 16.9. The maximum atomic E-state index is 13.9. The molecule has 1 aromatic carbocycles. The number of nitrogens with zero attached hydrogens (tertiary/aromatic N) is 7. The van der Waals surface area contributed by atoms with Crippen molar-refractivity contribution < 1.29 is 18.4 Å². The molecule has 5 rings (SSSR count). The van der Waals surface area contributed by atoms with Crippen LogP contribution in [-0.4, -0.2) is 80.2 Å².